The molecule has 0 aliphatic heterocycles. The number of imidazole rings is 1. The number of carbonyl (C=O) groups excluding carboxylic acids is 1. The second-order valence-electron chi connectivity index (χ2n) is 8.02. The third kappa shape index (κ3) is 5.65. The van der Waals surface area contributed by atoms with E-state index in [-0.39, 0.29) is 18.6 Å². The number of unbranched alkanes of at least 4 members (excludes halogenated alkanes) is 2. The topological polar surface area (TPSA) is 100 Å². The molecular formula is C19H31N5O4S. The molecule has 2 aromatic heterocycles. The highest BCUT2D eigenvalue weighted by atomic mass is 32.1. The maximum absolute atomic E-state index is 13.0. The zero-order chi connectivity index (χ0) is 21.8. The summed E-state index contributed by atoms with van der Waals surface area (Å²) < 4.78 is 9.50. The molecule has 162 valence electrons. The largest absolute Gasteiger partial charge is 0.444 e. The van der Waals surface area contributed by atoms with Crippen LogP contribution in [-0.2, 0) is 24.9 Å². The van der Waals surface area contributed by atoms with Crippen molar-refractivity contribution in [2.45, 2.75) is 77.2 Å². The molecule has 0 fully saturated rings. The molecule has 2 heterocycles. The summed E-state index contributed by atoms with van der Waals surface area (Å²) in [6.07, 6.45) is 2.88. The van der Waals surface area contributed by atoms with E-state index < -0.39 is 17.4 Å². The van der Waals surface area contributed by atoms with E-state index in [0.29, 0.717) is 29.3 Å². The van der Waals surface area contributed by atoms with Gasteiger partial charge in [0.05, 0.1) is 0 Å². The van der Waals surface area contributed by atoms with Crippen LogP contribution in [0.4, 0.5) is 4.79 Å². The van der Waals surface area contributed by atoms with Crippen LogP contribution in [0.5, 0.6) is 0 Å². The summed E-state index contributed by atoms with van der Waals surface area (Å²) >= 11 is 4.39. The van der Waals surface area contributed by atoms with Crippen LogP contribution in [0.2, 0.25) is 0 Å². The fourth-order valence-electron chi connectivity index (χ4n) is 3.03. The average Bonchev–Trinajstić information content (AvgIpc) is 2.95. The van der Waals surface area contributed by atoms with Gasteiger partial charge in [-0.15, -0.1) is 12.6 Å². The van der Waals surface area contributed by atoms with Crippen molar-refractivity contribution in [3.05, 3.63) is 20.8 Å². The van der Waals surface area contributed by atoms with Crippen LogP contribution in [-0.4, -0.2) is 36.9 Å². The van der Waals surface area contributed by atoms with Gasteiger partial charge in [-0.3, -0.25) is 13.9 Å². The van der Waals surface area contributed by atoms with Gasteiger partial charge in [0.2, 0.25) is 0 Å². The van der Waals surface area contributed by atoms with Gasteiger partial charge in [-0.25, -0.2) is 14.6 Å². The molecule has 0 atom stereocenters. The van der Waals surface area contributed by atoms with E-state index in [2.05, 4.69) is 29.9 Å². The van der Waals surface area contributed by atoms with E-state index >= 15 is 0 Å². The standard InChI is InChI=1S/C19H31N5O4S/c1-6-7-8-11-23-13-14(21-16(23)29)22(5)18(27)24(15(13)25)12-9-10-20-17(26)28-19(2,3)4/h6-12H2,1-5H3,(H,20,26)(H,21,29). The second kappa shape index (κ2) is 9.51. The minimum atomic E-state index is -0.581. The molecule has 2 rings (SSSR count). The molecule has 0 saturated heterocycles. The number of aromatic nitrogens is 4. The maximum atomic E-state index is 13.0. The Morgan fingerprint density at radius 1 is 1.14 bits per heavy atom. The number of aryl methyl sites for hydroxylation is 2. The molecule has 1 N–H and O–H groups in total. The first-order valence-corrected chi connectivity index (χ1v) is 10.4. The summed E-state index contributed by atoms with van der Waals surface area (Å²) in [4.78, 5) is 41.7. The Labute approximate surface area is 175 Å². The van der Waals surface area contributed by atoms with Crippen molar-refractivity contribution >= 4 is 29.9 Å². The lowest BCUT2D eigenvalue weighted by atomic mass is 10.2. The first-order valence-electron chi connectivity index (χ1n) is 9.92. The van der Waals surface area contributed by atoms with Gasteiger partial charge in [0.15, 0.2) is 16.3 Å². The number of hydrogen-bond donors (Lipinski definition) is 2. The summed E-state index contributed by atoms with van der Waals surface area (Å²) in [6.45, 7) is 8.54. The van der Waals surface area contributed by atoms with Crippen molar-refractivity contribution in [1.82, 2.24) is 24.0 Å². The van der Waals surface area contributed by atoms with Gasteiger partial charge in [0.25, 0.3) is 5.56 Å². The Bertz CT molecular complexity index is 984. The number of alkyl carbamates (subject to hydrolysis) is 1. The van der Waals surface area contributed by atoms with Gasteiger partial charge in [0.1, 0.15) is 5.60 Å². The van der Waals surface area contributed by atoms with Crippen molar-refractivity contribution in [1.29, 1.82) is 0 Å². The minimum Gasteiger partial charge on any atom is -0.444 e. The van der Waals surface area contributed by atoms with Crippen molar-refractivity contribution in [3.8, 4) is 0 Å². The number of thiol groups is 1. The number of fused-ring (bicyclic) bond motifs is 1. The fraction of sp³-hybridized carbons (Fsp3) is 0.684. The van der Waals surface area contributed by atoms with E-state index in [4.69, 9.17) is 4.74 Å². The summed E-state index contributed by atoms with van der Waals surface area (Å²) in [5.74, 6) is 0. The van der Waals surface area contributed by atoms with Gasteiger partial charge in [-0.05, 0) is 33.6 Å². The van der Waals surface area contributed by atoms with Crippen LogP contribution in [0.25, 0.3) is 11.2 Å². The number of amides is 1. The maximum Gasteiger partial charge on any atom is 0.407 e. The lowest BCUT2D eigenvalue weighted by Crippen LogP contribution is -2.40. The van der Waals surface area contributed by atoms with E-state index in [1.165, 1.54) is 9.13 Å². The summed E-state index contributed by atoms with van der Waals surface area (Å²) in [6, 6.07) is 0. The summed E-state index contributed by atoms with van der Waals surface area (Å²) in [5.41, 5.74) is -0.683. The molecule has 0 aliphatic rings. The molecule has 2 aromatic rings. The van der Waals surface area contributed by atoms with Crippen LogP contribution < -0.4 is 16.6 Å². The lowest BCUT2D eigenvalue weighted by Gasteiger charge is -2.19. The minimum absolute atomic E-state index is 0.180. The number of nitrogens with one attached hydrogen (secondary N) is 1. The Hall–Kier alpha value is -2.23. The molecule has 1 amide bonds. The van der Waals surface area contributed by atoms with Crippen molar-refractivity contribution in [2.75, 3.05) is 6.54 Å². The molecule has 0 bridgehead atoms. The molecule has 0 unspecified atom stereocenters. The monoisotopic (exact) mass is 425 g/mol. The number of nitrogens with zero attached hydrogens (tertiary/aromatic N) is 4. The van der Waals surface area contributed by atoms with Crippen LogP contribution in [0.3, 0.4) is 0 Å². The first kappa shape index (κ1) is 23.1. The summed E-state index contributed by atoms with van der Waals surface area (Å²) in [7, 11) is 1.59. The highest BCUT2D eigenvalue weighted by molar-refractivity contribution is 7.80. The van der Waals surface area contributed by atoms with E-state index in [1.54, 1.807) is 32.4 Å². The Kier molecular flexibility index (Phi) is 7.56. The highest BCUT2D eigenvalue weighted by Crippen LogP contribution is 2.15. The molecule has 0 saturated carbocycles. The normalized spacial score (nSPS) is 11.8. The molecule has 9 nitrogen and oxygen atoms in total. The Morgan fingerprint density at radius 2 is 1.79 bits per heavy atom. The quantitative estimate of drug-likeness (QED) is 0.499. The zero-order valence-corrected chi connectivity index (χ0v) is 18.7. The Morgan fingerprint density at radius 3 is 2.41 bits per heavy atom. The molecule has 10 heteroatoms. The van der Waals surface area contributed by atoms with E-state index in [9.17, 15) is 14.4 Å². The van der Waals surface area contributed by atoms with Crippen LogP contribution in [0.1, 0.15) is 53.4 Å². The van der Waals surface area contributed by atoms with Gasteiger partial charge >= 0.3 is 11.8 Å². The van der Waals surface area contributed by atoms with Crippen LogP contribution >= 0.6 is 12.6 Å². The number of rotatable bonds is 8. The molecule has 0 aromatic carbocycles. The average molecular weight is 426 g/mol. The third-order valence-electron chi connectivity index (χ3n) is 4.42. The van der Waals surface area contributed by atoms with Gasteiger partial charge in [-0.2, -0.15) is 0 Å². The van der Waals surface area contributed by atoms with Crippen molar-refractivity contribution in [2.24, 2.45) is 7.05 Å². The van der Waals surface area contributed by atoms with Crippen LogP contribution in [0, 0.1) is 0 Å². The van der Waals surface area contributed by atoms with Crippen LogP contribution in [0.15, 0.2) is 14.7 Å². The third-order valence-corrected chi connectivity index (χ3v) is 4.77. The predicted octanol–water partition coefficient (Wildman–Crippen LogP) is 2.29. The van der Waals surface area contributed by atoms with Crippen molar-refractivity contribution in [3.63, 3.8) is 0 Å². The lowest BCUT2D eigenvalue weighted by molar-refractivity contribution is 0.0526. The molecule has 0 spiro atoms. The van der Waals surface area contributed by atoms with E-state index in [0.717, 1.165) is 19.3 Å². The van der Waals surface area contributed by atoms with E-state index in [1.807, 2.05) is 0 Å². The number of ether oxygens (including phenoxy) is 1. The fourth-order valence-corrected chi connectivity index (χ4v) is 3.33. The SMILES string of the molecule is CCCCCn1c(S)nc2c1c(=O)n(CCCNC(=O)OC(C)(C)C)c(=O)n2C. The van der Waals surface area contributed by atoms with Crippen molar-refractivity contribution < 1.29 is 9.53 Å². The summed E-state index contributed by atoms with van der Waals surface area (Å²) in [5, 5.41) is 3.06. The number of carbonyl (C=O) groups is 1. The second-order valence-corrected chi connectivity index (χ2v) is 8.42. The molecular weight excluding hydrogens is 394 g/mol. The zero-order valence-electron chi connectivity index (χ0n) is 17.8. The number of hydrogen-bond acceptors (Lipinski definition) is 6. The molecule has 0 aliphatic carbocycles. The van der Waals surface area contributed by atoms with Gasteiger partial charge in [0, 0.05) is 26.7 Å². The highest BCUT2D eigenvalue weighted by Gasteiger charge is 2.19. The smallest absolute Gasteiger partial charge is 0.407 e. The van der Waals surface area contributed by atoms with Gasteiger partial charge < -0.3 is 14.6 Å². The molecule has 0 radical (unpaired) electrons. The molecule has 29 heavy (non-hydrogen) atoms. The van der Waals surface area contributed by atoms with Gasteiger partial charge in [-0.1, -0.05) is 19.8 Å². The first-order chi connectivity index (χ1) is 13.6. The predicted molar refractivity (Wildman–Crippen MR) is 115 cm³/mol. The Balaban J connectivity index is 2.21.